The molecule has 0 saturated heterocycles. The fraction of sp³-hybridized carbons (Fsp3) is 0.0577. The zero-order valence-electron chi connectivity index (χ0n) is 29.9. The van der Waals surface area contributed by atoms with Crippen molar-refractivity contribution in [3.63, 3.8) is 0 Å². The van der Waals surface area contributed by atoms with Crippen LogP contribution >= 0.6 is 0 Å². The first-order valence-electron chi connectivity index (χ1n) is 19.1. The molecule has 3 aliphatic carbocycles. The zero-order chi connectivity index (χ0) is 36.1. The fourth-order valence-corrected chi connectivity index (χ4v) is 9.86. The quantitative estimate of drug-likeness (QED) is 0.183. The molecule has 8 aromatic rings. The summed E-state index contributed by atoms with van der Waals surface area (Å²) in [5, 5.41) is 2.30. The molecule has 2 heterocycles. The van der Waals surface area contributed by atoms with Gasteiger partial charge in [0.1, 0.15) is 17.0 Å². The van der Waals surface area contributed by atoms with Crippen LogP contribution in [0.3, 0.4) is 0 Å². The molecule has 12 rings (SSSR count). The Labute approximate surface area is 319 Å². The van der Waals surface area contributed by atoms with Gasteiger partial charge in [-0.3, -0.25) is 4.99 Å². The van der Waals surface area contributed by atoms with Crippen LogP contribution in [0.15, 0.2) is 191 Å². The summed E-state index contributed by atoms with van der Waals surface area (Å²) in [6, 6.07) is 59.3. The van der Waals surface area contributed by atoms with Crippen LogP contribution in [0.5, 0.6) is 0 Å². The molecular formula is C52H34N2O. The molecule has 258 valence electrons. The maximum absolute atomic E-state index is 6.78. The molecule has 0 amide bonds. The standard InChI is InChI=1S/C52H34N2O/c1-3-14-35(15-4-1)51-53-46-32-37(27-30-47(46)54(51)38-16-5-2-6-17-38)36-26-25-34-24-23-33-13-7-10-20-42(33)52(45(34)31-36)43-21-11-8-19-41(43)49-44(52)29-28-40-39-18-9-12-22-48(39)55-50(40)49/h1-32,46-47H. The van der Waals surface area contributed by atoms with Crippen molar-refractivity contribution in [3.05, 3.63) is 227 Å². The number of benzene rings is 7. The van der Waals surface area contributed by atoms with Crippen LogP contribution in [-0.2, 0) is 5.41 Å². The first kappa shape index (κ1) is 30.5. The molecule has 0 bridgehead atoms. The SMILES string of the molecule is C1=CC2C(C=C1c1ccc3c(c1)C1(c4ccccc4C=C3)c3ccccc3-c3c1ccc1c3oc3ccccc31)N=C(c1ccccc1)N2c1ccccc1. The summed E-state index contributed by atoms with van der Waals surface area (Å²) in [5.41, 5.74) is 15.9. The van der Waals surface area contributed by atoms with Gasteiger partial charge in [-0.1, -0.05) is 164 Å². The predicted octanol–water partition coefficient (Wildman–Crippen LogP) is 12.1. The van der Waals surface area contributed by atoms with Crippen molar-refractivity contribution in [3.8, 4) is 11.1 Å². The lowest BCUT2D eigenvalue weighted by Gasteiger charge is -2.35. The highest BCUT2D eigenvalue weighted by molar-refractivity contribution is 6.14. The number of allylic oxidation sites excluding steroid dienone is 2. The van der Waals surface area contributed by atoms with Gasteiger partial charge in [0.05, 0.1) is 17.5 Å². The second-order valence-corrected chi connectivity index (χ2v) is 15.0. The van der Waals surface area contributed by atoms with Gasteiger partial charge < -0.3 is 9.32 Å². The number of para-hydroxylation sites is 2. The van der Waals surface area contributed by atoms with Crippen molar-refractivity contribution in [1.29, 1.82) is 0 Å². The van der Waals surface area contributed by atoms with Gasteiger partial charge in [-0.05, 0) is 80.4 Å². The highest BCUT2D eigenvalue weighted by Crippen LogP contribution is 2.60. The average molecular weight is 703 g/mol. The maximum Gasteiger partial charge on any atom is 0.143 e. The zero-order valence-corrected chi connectivity index (χ0v) is 29.9. The summed E-state index contributed by atoms with van der Waals surface area (Å²) >= 11 is 0. The monoisotopic (exact) mass is 702 g/mol. The van der Waals surface area contributed by atoms with Gasteiger partial charge in [-0.2, -0.15) is 0 Å². The Bertz CT molecular complexity index is 3000. The van der Waals surface area contributed by atoms with Crippen molar-refractivity contribution < 1.29 is 4.42 Å². The Kier molecular flexibility index (Phi) is 6.38. The third-order valence-electron chi connectivity index (χ3n) is 12.2. The fourth-order valence-electron chi connectivity index (χ4n) is 9.86. The van der Waals surface area contributed by atoms with E-state index >= 15 is 0 Å². The van der Waals surface area contributed by atoms with Crippen molar-refractivity contribution in [2.45, 2.75) is 17.5 Å². The van der Waals surface area contributed by atoms with E-state index in [1.54, 1.807) is 0 Å². The van der Waals surface area contributed by atoms with Crippen LogP contribution in [-0.4, -0.2) is 17.9 Å². The number of fused-ring (bicyclic) bond motifs is 14. The van der Waals surface area contributed by atoms with Gasteiger partial charge >= 0.3 is 0 Å². The van der Waals surface area contributed by atoms with Crippen LogP contribution < -0.4 is 4.90 Å². The lowest BCUT2D eigenvalue weighted by Crippen LogP contribution is -2.39. The van der Waals surface area contributed by atoms with Crippen molar-refractivity contribution in [2.75, 3.05) is 4.90 Å². The molecule has 1 spiro atoms. The minimum Gasteiger partial charge on any atom is -0.455 e. The number of furan rings is 1. The first-order valence-corrected chi connectivity index (χ1v) is 19.1. The predicted molar refractivity (Wildman–Crippen MR) is 227 cm³/mol. The third kappa shape index (κ3) is 4.24. The molecule has 0 saturated carbocycles. The molecule has 55 heavy (non-hydrogen) atoms. The molecule has 1 aromatic heterocycles. The summed E-state index contributed by atoms with van der Waals surface area (Å²) in [5.74, 6) is 1.00. The van der Waals surface area contributed by atoms with E-state index in [0.29, 0.717) is 0 Å². The molecule has 7 aromatic carbocycles. The van der Waals surface area contributed by atoms with Gasteiger partial charge in [-0.25, -0.2) is 0 Å². The second-order valence-electron chi connectivity index (χ2n) is 15.0. The minimum absolute atomic E-state index is 0.0295. The van der Waals surface area contributed by atoms with E-state index < -0.39 is 5.41 Å². The number of anilines is 1. The molecule has 3 unspecified atom stereocenters. The van der Waals surface area contributed by atoms with Gasteiger partial charge in [-0.15, -0.1) is 0 Å². The van der Waals surface area contributed by atoms with Crippen molar-refractivity contribution >= 4 is 51.2 Å². The summed E-state index contributed by atoms with van der Waals surface area (Å²) < 4.78 is 6.78. The first-order chi connectivity index (χ1) is 27.3. The summed E-state index contributed by atoms with van der Waals surface area (Å²) in [4.78, 5) is 7.81. The number of nitrogens with zero attached hydrogens (tertiary/aromatic N) is 2. The molecule has 0 radical (unpaired) electrons. The number of amidine groups is 1. The number of rotatable bonds is 3. The smallest absolute Gasteiger partial charge is 0.143 e. The Morgan fingerprint density at radius 2 is 1.27 bits per heavy atom. The van der Waals surface area contributed by atoms with Gasteiger partial charge in [0.2, 0.25) is 0 Å². The van der Waals surface area contributed by atoms with E-state index in [4.69, 9.17) is 9.41 Å². The van der Waals surface area contributed by atoms with Gasteiger partial charge in [0, 0.05) is 27.6 Å². The minimum atomic E-state index is -0.567. The number of aliphatic imine (C=N–C) groups is 1. The van der Waals surface area contributed by atoms with Crippen molar-refractivity contribution in [2.24, 2.45) is 4.99 Å². The van der Waals surface area contributed by atoms with E-state index in [-0.39, 0.29) is 12.1 Å². The normalized spacial score (nSPS) is 20.1. The second kappa shape index (κ2) is 11.5. The molecule has 3 nitrogen and oxygen atoms in total. The molecular weight excluding hydrogens is 669 g/mol. The topological polar surface area (TPSA) is 28.7 Å². The Hall–Kier alpha value is -6.97. The lowest BCUT2D eigenvalue weighted by molar-refractivity contribution is 0.669. The molecule has 0 fully saturated rings. The van der Waals surface area contributed by atoms with Crippen molar-refractivity contribution in [1.82, 2.24) is 0 Å². The highest BCUT2D eigenvalue weighted by atomic mass is 16.3. The Morgan fingerprint density at radius 1 is 0.545 bits per heavy atom. The van der Waals surface area contributed by atoms with E-state index in [9.17, 15) is 0 Å². The summed E-state index contributed by atoms with van der Waals surface area (Å²) in [6.07, 6.45) is 11.6. The van der Waals surface area contributed by atoms with E-state index in [1.807, 2.05) is 0 Å². The van der Waals surface area contributed by atoms with E-state index in [1.165, 1.54) is 55.6 Å². The Morgan fingerprint density at radius 3 is 2.15 bits per heavy atom. The van der Waals surface area contributed by atoms with Gasteiger partial charge in [0.25, 0.3) is 0 Å². The summed E-state index contributed by atoms with van der Waals surface area (Å²) in [6.45, 7) is 0. The summed E-state index contributed by atoms with van der Waals surface area (Å²) in [7, 11) is 0. The van der Waals surface area contributed by atoms with E-state index in [2.05, 4.69) is 199 Å². The Balaban J connectivity index is 1.07. The van der Waals surface area contributed by atoms with Crippen LogP contribution in [0.1, 0.15) is 44.5 Å². The average Bonchev–Trinajstić information content (AvgIpc) is 3.89. The molecule has 3 atom stereocenters. The van der Waals surface area contributed by atoms with E-state index in [0.717, 1.165) is 39.0 Å². The highest BCUT2D eigenvalue weighted by Gasteiger charge is 2.49. The molecule has 4 aliphatic rings. The van der Waals surface area contributed by atoms with Crippen LogP contribution in [0.2, 0.25) is 0 Å². The van der Waals surface area contributed by atoms with Crippen LogP contribution in [0, 0.1) is 0 Å². The number of hydrogen-bond donors (Lipinski definition) is 0. The number of hydrogen-bond acceptors (Lipinski definition) is 3. The van der Waals surface area contributed by atoms with Gasteiger partial charge in [0.15, 0.2) is 0 Å². The third-order valence-corrected chi connectivity index (χ3v) is 12.2. The largest absolute Gasteiger partial charge is 0.455 e. The lowest BCUT2D eigenvalue weighted by atomic mass is 9.65. The molecule has 0 N–H and O–H groups in total. The molecule has 3 heteroatoms. The van der Waals surface area contributed by atoms with Crippen LogP contribution in [0.25, 0.3) is 50.8 Å². The maximum atomic E-state index is 6.78. The van der Waals surface area contributed by atoms with Crippen LogP contribution in [0.4, 0.5) is 5.69 Å². The molecule has 1 aliphatic heterocycles.